The lowest BCUT2D eigenvalue weighted by molar-refractivity contribution is -0.179. The summed E-state index contributed by atoms with van der Waals surface area (Å²) in [5.74, 6) is 0.00633. The molecule has 0 radical (unpaired) electrons. The topological polar surface area (TPSA) is 35.5 Å². The van der Waals surface area contributed by atoms with E-state index in [0.29, 0.717) is 6.10 Å². The molecule has 0 bridgehead atoms. The van der Waals surface area contributed by atoms with Gasteiger partial charge in [0.2, 0.25) is 0 Å². The number of rotatable bonds is 2. The molecule has 2 aliphatic rings. The van der Waals surface area contributed by atoms with Crippen LogP contribution in [-0.2, 0) is 14.3 Å². The molecule has 1 saturated heterocycles. The summed E-state index contributed by atoms with van der Waals surface area (Å²) in [7, 11) is 0. The second-order valence-corrected chi connectivity index (χ2v) is 7.14. The first kappa shape index (κ1) is 13.6. The van der Waals surface area contributed by atoms with E-state index in [2.05, 4.69) is 22.6 Å². The number of halogens is 1. The van der Waals surface area contributed by atoms with Gasteiger partial charge in [0, 0.05) is 4.43 Å². The van der Waals surface area contributed by atoms with Crippen LogP contribution in [0.4, 0.5) is 0 Å². The Morgan fingerprint density at radius 1 is 1.47 bits per heavy atom. The Morgan fingerprint density at radius 2 is 2.12 bits per heavy atom. The van der Waals surface area contributed by atoms with Gasteiger partial charge >= 0.3 is 5.97 Å². The van der Waals surface area contributed by atoms with E-state index in [1.807, 2.05) is 20.8 Å². The van der Waals surface area contributed by atoms with Crippen molar-refractivity contribution in [3.8, 4) is 0 Å². The van der Waals surface area contributed by atoms with Crippen LogP contribution in [0, 0.1) is 5.92 Å². The maximum Gasteiger partial charge on any atom is 0.309 e. The van der Waals surface area contributed by atoms with Crippen molar-refractivity contribution in [2.75, 3.05) is 4.43 Å². The van der Waals surface area contributed by atoms with Gasteiger partial charge < -0.3 is 9.47 Å². The number of hydrogen-bond donors (Lipinski definition) is 0. The Morgan fingerprint density at radius 3 is 2.59 bits per heavy atom. The molecular formula is C13H21IO3. The zero-order valence-electron chi connectivity index (χ0n) is 10.8. The quantitative estimate of drug-likeness (QED) is 0.435. The van der Waals surface area contributed by atoms with Gasteiger partial charge in [-0.3, -0.25) is 4.79 Å². The molecule has 3 nitrogen and oxygen atoms in total. The second kappa shape index (κ2) is 4.68. The van der Waals surface area contributed by atoms with E-state index in [4.69, 9.17) is 9.47 Å². The highest BCUT2D eigenvalue weighted by Crippen LogP contribution is 2.50. The molecule has 1 saturated carbocycles. The number of ether oxygens (including phenoxy) is 2. The number of carbonyl (C=O) groups excluding carboxylic acids is 1. The van der Waals surface area contributed by atoms with E-state index in [1.165, 1.54) is 0 Å². The fraction of sp³-hybridized carbons (Fsp3) is 0.923. The minimum atomic E-state index is -0.374. The first-order chi connectivity index (χ1) is 7.84. The highest BCUT2D eigenvalue weighted by Gasteiger charge is 2.53. The largest absolute Gasteiger partial charge is 0.460 e. The average molecular weight is 352 g/mol. The van der Waals surface area contributed by atoms with Crippen molar-refractivity contribution >= 4 is 28.6 Å². The van der Waals surface area contributed by atoms with E-state index in [0.717, 1.165) is 30.1 Å². The zero-order valence-corrected chi connectivity index (χ0v) is 13.0. The van der Waals surface area contributed by atoms with Gasteiger partial charge in [0.1, 0.15) is 5.60 Å². The Kier molecular flexibility index (Phi) is 3.74. The van der Waals surface area contributed by atoms with Crippen LogP contribution >= 0.6 is 22.6 Å². The van der Waals surface area contributed by atoms with E-state index in [-0.39, 0.29) is 23.1 Å². The first-order valence-corrected chi connectivity index (χ1v) is 7.83. The van der Waals surface area contributed by atoms with Crippen LogP contribution in [0.15, 0.2) is 0 Å². The van der Waals surface area contributed by atoms with Crippen molar-refractivity contribution in [3.05, 3.63) is 0 Å². The number of alkyl halides is 1. The van der Waals surface area contributed by atoms with E-state index in [1.54, 1.807) is 0 Å². The van der Waals surface area contributed by atoms with Crippen LogP contribution in [0.1, 0.15) is 46.5 Å². The summed E-state index contributed by atoms with van der Waals surface area (Å²) in [6.45, 7) is 5.74. The summed E-state index contributed by atoms with van der Waals surface area (Å²) in [6.07, 6.45) is 4.36. The highest BCUT2D eigenvalue weighted by atomic mass is 127. The lowest BCUT2D eigenvalue weighted by Crippen LogP contribution is -2.48. The molecule has 0 aromatic heterocycles. The van der Waals surface area contributed by atoms with Crippen LogP contribution in [0.5, 0.6) is 0 Å². The standard InChI is InChI=1S/C13H21IO3/c1-12(2,3)17-11(15)9-6-13(7-9)5-4-10(8-14)16-13/h9-10H,4-8H2,1-3H3. The smallest absolute Gasteiger partial charge is 0.309 e. The number of carbonyl (C=O) groups is 1. The van der Waals surface area contributed by atoms with Crippen LogP contribution < -0.4 is 0 Å². The molecule has 0 N–H and O–H groups in total. The van der Waals surface area contributed by atoms with E-state index < -0.39 is 0 Å². The van der Waals surface area contributed by atoms with Gasteiger partial charge in [-0.2, -0.15) is 0 Å². The van der Waals surface area contributed by atoms with Gasteiger partial charge in [0.25, 0.3) is 0 Å². The van der Waals surface area contributed by atoms with Crippen LogP contribution in [0.3, 0.4) is 0 Å². The Labute approximate surface area is 117 Å². The van der Waals surface area contributed by atoms with Gasteiger partial charge in [-0.15, -0.1) is 0 Å². The third kappa shape index (κ3) is 3.13. The van der Waals surface area contributed by atoms with Crippen molar-refractivity contribution in [2.45, 2.75) is 63.8 Å². The van der Waals surface area contributed by atoms with Crippen molar-refractivity contribution in [3.63, 3.8) is 0 Å². The molecule has 2 rings (SSSR count). The van der Waals surface area contributed by atoms with E-state index >= 15 is 0 Å². The molecule has 98 valence electrons. The van der Waals surface area contributed by atoms with Crippen molar-refractivity contribution in [1.82, 2.24) is 0 Å². The average Bonchev–Trinajstić information content (AvgIpc) is 2.56. The molecule has 4 heteroatoms. The molecule has 0 aromatic carbocycles. The van der Waals surface area contributed by atoms with E-state index in [9.17, 15) is 4.79 Å². The molecule has 2 fully saturated rings. The van der Waals surface area contributed by atoms with Crippen molar-refractivity contribution in [2.24, 2.45) is 5.92 Å². The van der Waals surface area contributed by atoms with Gasteiger partial charge in [-0.1, -0.05) is 22.6 Å². The third-order valence-electron chi connectivity index (χ3n) is 3.49. The normalized spacial score (nSPS) is 36.9. The summed E-state index contributed by atoms with van der Waals surface area (Å²) in [6, 6.07) is 0. The molecule has 1 atom stereocenters. The Bertz CT molecular complexity index is 302. The summed E-state index contributed by atoms with van der Waals surface area (Å²) in [5.41, 5.74) is -0.363. The molecule has 1 aliphatic heterocycles. The van der Waals surface area contributed by atoms with Crippen LogP contribution in [-0.4, -0.2) is 27.7 Å². The molecular weight excluding hydrogens is 331 g/mol. The third-order valence-corrected chi connectivity index (χ3v) is 4.47. The fourth-order valence-corrected chi connectivity index (χ4v) is 3.31. The maximum absolute atomic E-state index is 11.9. The van der Waals surface area contributed by atoms with Gasteiger partial charge in [-0.05, 0) is 46.5 Å². The van der Waals surface area contributed by atoms with Crippen LogP contribution in [0.2, 0.25) is 0 Å². The predicted octanol–water partition coefficient (Wildman–Crippen LogP) is 3.09. The van der Waals surface area contributed by atoms with Crippen LogP contribution in [0.25, 0.3) is 0 Å². The van der Waals surface area contributed by atoms with Crippen molar-refractivity contribution in [1.29, 1.82) is 0 Å². The Balaban J connectivity index is 1.81. The van der Waals surface area contributed by atoms with Gasteiger partial charge in [-0.25, -0.2) is 0 Å². The monoisotopic (exact) mass is 352 g/mol. The molecule has 17 heavy (non-hydrogen) atoms. The SMILES string of the molecule is CC(C)(C)OC(=O)C1CC2(CCC(CI)O2)C1. The van der Waals surface area contributed by atoms with Gasteiger partial charge in [0.05, 0.1) is 17.6 Å². The summed E-state index contributed by atoms with van der Waals surface area (Å²) in [5, 5.41) is 0. The zero-order chi connectivity index (χ0) is 12.7. The lowest BCUT2D eigenvalue weighted by Gasteiger charge is -2.44. The number of esters is 1. The second-order valence-electron chi connectivity index (χ2n) is 6.25. The maximum atomic E-state index is 11.9. The summed E-state index contributed by atoms with van der Waals surface area (Å²) >= 11 is 2.37. The number of hydrogen-bond acceptors (Lipinski definition) is 3. The first-order valence-electron chi connectivity index (χ1n) is 6.30. The summed E-state index contributed by atoms with van der Waals surface area (Å²) < 4.78 is 12.5. The fourth-order valence-electron chi connectivity index (χ4n) is 2.69. The minimum absolute atomic E-state index is 0.0113. The molecule has 0 amide bonds. The molecule has 1 heterocycles. The molecule has 0 aromatic rings. The van der Waals surface area contributed by atoms with Gasteiger partial charge in [0.15, 0.2) is 0 Å². The molecule has 1 unspecified atom stereocenters. The van der Waals surface area contributed by atoms with Crippen molar-refractivity contribution < 1.29 is 14.3 Å². The molecule has 1 spiro atoms. The summed E-state index contributed by atoms with van der Waals surface area (Å²) in [4.78, 5) is 11.9. The Hall–Kier alpha value is 0.160. The lowest BCUT2D eigenvalue weighted by atomic mass is 9.69. The predicted molar refractivity (Wildman–Crippen MR) is 74.3 cm³/mol. The molecule has 1 aliphatic carbocycles. The highest BCUT2D eigenvalue weighted by molar-refractivity contribution is 14.1. The minimum Gasteiger partial charge on any atom is -0.460 e.